The van der Waals surface area contributed by atoms with Crippen LogP contribution in [0.5, 0.6) is 0 Å². The molecule has 5 nitrogen and oxygen atoms in total. The van der Waals surface area contributed by atoms with Crippen molar-refractivity contribution < 1.29 is 9.26 Å². The Hall–Kier alpha value is -0.940. The van der Waals surface area contributed by atoms with Gasteiger partial charge >= 0.3 is 0 Å². The van der Waals surface area contributed by atoms with Crippen molar-refractivity contribution in [1.29, 1.82) is 0 Å². The molecule has 0 saturated carbocycles. The van der Waals surface area contributed by atoms with E-state index in [9.17, 15) is 0 Å². The first-order chi connectivity index (χ1) is 7.22. The summed E-state index contributed by atoms with van der Waals surface area (Å²) < 4.78 is 10.6. The van der Waals surface area contributed by atoms with Gasteiger partial charge in [0.05, 0.1) is 6.04 Å². The van der Waals surface area contributed by atoms with E-state index in [0.717, 1.165) is 6.42 Å². The molecule has 2 unspecified atom stereocenters. The third kappa shape index (κ3) is 3.00. The molecular weight excluding hydrogens is 194 g/mol. The summed E-state index contributed by atoms with van der Waals surface area (Å²) in [6.07, 6.45) is 0.789. The van der Waals surface area contributed by atoms with Gasteiger partial charge in [-0.3, -0.25) is 0 Å². The predicted molar refractivity (Wildman–Crippen MR) is 56.4 cm³/mol. The number of rotatable bonds is 6. The van der Waals surface area contributed by atoms with Crippen molar-refractivity contribution >= 4 is 0 Å². The lowest BCUT2D eigenvalue weighted by Gasteiger charge is -2.09. The molecule has 5 heteroatoms. The third-order valence-electron chi connectivity index (χ3n) is 2.29. The van der Waals surface area contributed by atoms with E-state index >= 15 is 0 Å². The summed E-state index contributed by atoms with van der Waals surface area (Å²) in [5.41, 5.74) is 0. The summed E-state index contributed by atoms with van der Waals surface area (Å²) in [4.78, 5) is 4.31. The van der Waals surface area contributed by atoms with Crippen molar-refractivity contribution in [1.82, 2.24) is 15.5 Å². The van der Waals surface area contributed by atoms with Crippen LogP contribution in [0.3, 0.4) is 0 Å². The van der Waals surface area contributed by atoms with Crippen LogP contribution in [0.2, 0.25) is 0 Å². The Bertz CT molecular complexity index is 288. The zero-order valence-corrected chi connectivity index (χ0v) is 9.78. The second-order valence-corrected chi connectivity index (χ2v) is 3.35. The maximum Gasteiger partial charge on any atom is 0.243 e. The average Bonchev–Trinajstić information content (AvgIpc) is 2.73. The zero-order chi connectivity index (χ0) is 11.3. The molecule has 1 aromatic heterocycles. The fourth-order valence-electron chi connectivity index (χ4n) is 1.25. The maximum absolute atomic E-state index is 5.50. The van der Waals surface area contributed by atoms with Crippen LogP contribution < -0.4 is 5.32 Å². The highest BCUT2D eigenvalue weighted by Crippen LogP contribution is 2.19. The molecule has 86 valence electrons. The standard InChI is InChI=1S/C10H19N3O2/c1-5-8(14-6-2)9-12-10(15-13-9)7(3)11-4/h7-8,11H,5-6H2,1-4H3. The van der Waals surface area contributed by atoms with Crippen LogP contribution in [-0.4, -0.2) is 23.8 Å². The lowest BCUT2D eigenvalue weighted by atomic mass is 10.2. The Morgan fingerprint density at radius 3 is 2.73 bits per heavy atom. The summed E-state index contributed by atoms with van der Waals surface area (Å²) in [5.74, 6) is 1.24. The van der Waals surface area contributed by atoms with E-state index in [0.29, 0.717) is 18.3 Å². The van der Waals surface area contributed by atoms with Gasteiger partial charge in [0.2, 0.25) is 11.7 Å². The van der Waals surface area contributed by atoms with Crippen LogP contribution in [0.4, 0.5) is 0 Å². The number of ether oxygens (including phenoxy) is 1. The van der Waals surface area contributed by atoms with Crippen LogP contribution >= 0.6 is 0 Å². The second kappa shape index (κ2) is 5.82. The predicted octanol–water partition coefficient (Wildman–Crippen LogP) is 1.84. The fourth-order valence-corrected chi connectivity index (χ4v) is 1.25. The first-order valence-corrected chi connectivity index (χ1v) is 5.35. The molecule has 0 bridgehead atoms. The van der Waals surface area contributed by atoms with Crippen LogP contribution in [0.15, 0.2) is 4.52 Å². The summed E-state index contributed by atoms with van der Waals surface area (Å²) in [6, 6.07) is 0.0744. The van der Waals surface area contributed by atoms with Crippen molar-refractivity contribution in [3.8, 4) is 0 Å². The number of hydrogen-bond donors (Lipinski definition) is 1. The summed E-state index contributed by atoms with van der Waals surface area (Å²) in [6.45, 7) is 6.63. The minimum absolute atomic E-state index is 0.0587. The van der Waals surface area contributed by atoms with Crippen molar-refractivity contribution in [3.05, 3.63) is 11.7 Å². The Balaban J connectivity index is 2.72. The summed E-state index contributed by atoms with van der Waals surface area (Å²) in [5, 5.41) is 6.97. The summed E-state index contributed by atoms with van der Waals surface area (Å²) in [7, 11) is 1.86. The van der Waals surface area contributed by atoms with Gasteiger partial charge in [-0.25, -0.2) is 0 Å². The molecule has 1 aromatic rings. The number of hydrogen-bond acceptors (Lipinski definition) is 5. The molecule has 0 radical (unpaired) electrons. The van der Waals surface area contributed by atoms with Gasteiger partial charge in [-0.05, 0) is 27.3 Å². The van der Waals surface area contributed by atoms with Gasteiger partial charge in [0.1, 0.15) is 6.10 Å². The van der Waals surface area contributed by atoms with Crippen LogP contribution in [0, 0.1) is 0 Å². The highest BCUT2D eigenvalue weighted by Gasteiger charge is 2.18. The molecule has 0 amide bonds. The maximum atomic E-state index is 5.50. The van der Waals surface area contributed by atoms with E-state index in [1.165, 1.54) is 0 Å². The van der Waals surface area contributed by atoms with Crippen LogP contribution in [0.1, 0.15) is 51.1 Å². The quantitative estimate of drug-likeness (QED) is 0.781. The molecule has 0 spiro atoms. The van der Waals surface area contributed by atoms with E-state index in [1.54, 1.807) is 0 Å². The molecule has 0 aromatic carbocycles. The third-order valence-corrected chi connectivity index (χ3v) is 2.29. The van der Waals surface area contributed by atoms with Crippen LogP contribution in [0.25, 0.3) is 0 Å². The van der Waals surface area contributed by atoms with Gasteiger partial charge in [0.15, 0.2) is 0 Å². The molecule has 0 fully saturated rings. The molecule has 2 atom stereocenters. The molecule has 1 rings (SSSR count). The molecule has 0 aliphatic carbocycles. The van der Waals surface area contributed by atoms with Gasteiger partial charge in [-0.1, -0.05) is 12.1 Å². The highest BCUT2D eigenvalue weighted by atomic mass is 16.5. The van der Waals surface area contributed by atoms with Gasteiger partial charge < -0.3 is 14.6 Å². The molecular formula is C10H19N3O2. The lowest BCUT2D eigenvalue weighted by Crippen LogP contribution is -2.13. The van der Waals surface area contributed by atoms with Gasteiger partial charge in [0.25, 0.3) is 0 Å². The van der Waals surface area contributed by atoms with Gasteiger partial charge in [-0.2, -0.15) is 4.98 Å². The molecule has 0 aliphatic rings. The molecule has 1 heterocycles. The highest BCUT2D eigenvalue weighted by molar-refractivity contribution is 4.94. The smallest absolute Gasteiger partial charge is 0.243 e. The Morgan fingerprint density at radius 1 is 1.47 bits per heavy atom. The first kappa shape index (κ1) is 12.1. The Morgan fingerprint density at radius 2 is 2.20 bits per heavy atom. The Kier molecular flexibility index (Phi) is 4.71. The average molecular weight is 213 g/mol. The normalized spacial score (nSPS) is 15.2. The van der Waals surface area contributed by atoms with Crippen molar-refractivity contribution in [3.63, 3.8) is 0 Å². The molecule has 0 aliphatic heterocycles. The van der Waals surface area contributed by atoms with E-state index in [1.807, 2.05) is 27.8 Å². The number of nitrogens with one attached hydrogen (secondary N) is 1. The van der Waals surface area contributed by atoms with Gasteiger partial charge in [0, 0.05) is 6.61 Å². The van der Waals surface area contributed by atoms with Crippen molar-refractivity contribution in [2.75, 3.05) is 13.7 Å². The largest absolute Gasteiger partial charge is 0.370 e. The van der Waals surface area contributed by atoms with E-state index in [2.05, 4.69) is 15.5 Å². The lowest BCUT2D eigenvalue weighted by molar-refractivity contribution is 0.0518. The SMILES string of the molecule is CCOC(CC)c1noc(C(C)NC)n1. The van der Waals surface area contributed by atoms with Crippen molar-refractivity contribution in [2.45, 2.75) is 39.3 Å². The van der Waals surface area contributed by atoms with E-state index < -0.39 is 0 Å². The van der Waals surface area contributed by atoms with E-state index in [-0.39, 0.29) is 12.1 Å². The van der Waals surface area contributed by atoms with Crippen LogP contribution in [-0.2, 0) is 4.74 Å². The summed E-state index contributed by atoms with van der Waals surface area (Å²) >= 11 is 0. The van der Waals surface area contributed by atoms with Gasteiger partial charge in [-0.15, -0.1) is 0 Å². The molecule has 1 N–H and O–H groups in total. The van der Waals surface area contributed by atoms with Crippen molar-refractivity contribution in [2.24, 2.45) is 0 Å². The first-order valence-electron chi connectivity index (χ1n) is 5.35. The second-order valence-electron chi connectivity index (χ2n) is 3.35. The number of nitrogens with zero attached hydrogens (tertiary/aromatic N) is 2. The topological polar surface area (TPSA) is 60.2 Å². The fraction of sp³-hybridized carbons (Fsp3) is 0.800. The minimum Gasteiger partial charge on any atom is -0.370 e. The number of aromatic nitrogens is 2. The molecule has 0 saturated heterocycles. The minimum atomic E-state index is -0.0587. The van der Waals surface area contributed by atoms with E-state index in [4.69, 9.17) is 9.26 Å². The molecule has 15 heavy (non-hydrogen) atoms. The zero-order valence-electron chi connectivity index (χ0n) is 9.78. The monoisotopic (exact) mass is 213 g/mol. The Labute approximate surface area is 90.2 Å².